The first kappa shape index (κ1) is 23.2. The van der Waals surface area contributed by atoms with E-state index in [1.807, 2.05) is 0 Å². The Morgan fingerprint density at radius 2 is 1.56 bits per heavy atom. The second-order valence-corrected chi connectivity index (χ2v) is 8.25. The number of likely N-dealkylation sites (tertiary alicyclic amines) is 1. The number of amides is 4. The zero-order chi connectivity index (χ0) is 24.4. The summed E-state index contributed by atoms with van der Waals surface area (Å²) in [5.74, 6) is -1.33. The molecule has 0 atom stereocenters. The van der Waals surface area contributed by atoms with E-state index in [9.17, 15) is 24.0 Å². The molecule has 0 aliphatic carbocycles. The number of Topliss-reactive ketones (excluding diaryl/α,β-unsaturated/α-hetero) is 1. The molecular weight excluding hydrogens is 438 g/mol. The minimum atomic E-state index is -0.435. The summed E-state index contributed by atoms with van der Waals surface area (Å²) in [5, 5.41) is 2.73. The van der Waals surface area contributed by atoms with Gasteiger partial charge in [-0.15, -0.1) is 0 Å². The number of anilines is 1. The Bertz CT molecular complexity index is 1170. The summed E-state index contributed by atoms with van der Waals surface area (Å²) in [6, 6.07) is 10.6. The standard InChI is InChI=1S/C25H25N3O6/c1-3-34-25(33)27-12-10-19(11-13-27)28-23(31)20-9-6-17(14-21(20)24(28)32)22(30)26-18-7-4-16(5-8-18)15(2)29/h4-9,14,19H,3,10-13H2,1-2H3,(H,26,30). The zero-order valence-electron chi connectivity index (χ0n) is 19.0. The van der Waals surface area contributed by atoms with E-state index in [4.69, 9.17) is 4.74 Å². The number of hydrogen-bond donors (Lipinski definition) is 1. The van der Waals surface area contributed by atoms with Gasteiger partial charge in [-0.05, 0) is 69.2 Å². The lowest BCUT2D eigenvalue weighted by atomic mass is 10.0. The Labute approximate surface area is 196 Å². The average molecular weight is 463 g/mol. The van der Waals surface area contributed by atoms with E-state index in [0.717, 1.165) is 0 Å². The molecule has 2 heterocycles. The van der Waals surface area contributed by atoms with Crippen molar-refractivity contribution < 1.29 is 28.7 Å². The molecule has 1 N–H and O–H groups in total. The number of carbonyl (C=O) groups is 5. The number of ketones is 1. The highest BCUT2D eigenvalue weighted by Gasteiger charge is 2.41. The second kappa shape index (κ2) is 9.46. The molecule has 0 unspecified atom stereocenters. The number of benzene rings is 2. The van der Waals surface area contributed by atoms with Gasteiger partial charge in [0.1, 0.15) is 0 Å². The lowest BCUT2D eigenvalue weighted by Gasteiger charge is -2.35. The fraction of sp³-hybridized carbons (Fsp3) is 0.320. The number of hydrogen-bond acceptors (Lipinski definition) is 6. The first-order chi connectivity index (χ1) is 16.3. The van der Waals surface area contributed by atoms with E-state index in [2.05, 4.69) is 5.32 Å². The molecule has 9 nitrogen and oxygen atoms in total. The maximum atomic E-state index is 13.1. The van der Waals surface area contributed by atoms with Crippen molar-refractivity contribution >= 4 is 35.3 Å². The summed E-state index contributed by atoms with van der Waals surface area (Å²) in [5.41, 5.74) is 1.74. The van der Waals surface area contributed by atoms with Crippen LogP contribution in [0.3, 0.4) is 0 Å². The summed E-state index contributed by atoms with van der Waals surface area (Å²) in [7, 11) is 0. The predicted octanol–water partition coefficient (Wildman–Crippen LogP) is 3.36. The molecule has 0 saturated carbocycles. The average Bonchev–Trinajstić information content (AvgIpc) is 3.09. The fourth-order valence-corrected chi connectivity index (χ4v) is 4.25. The van der Waals surface area contributed by atoms with Crippen molar-refractivity contribution in [1.82, 2.24) is 9.80 Å². The summed E-state index contributed by atoms with van der Waals surface area (Å²) < 4.78 is 5.02. The van der Waals surface area contributed by atoms with E-state index in [1.54, 1.807) is 36.1 Å². The lowest BCUT2D eigenvalue weighted by molar-refractivity contribution is 0.0484. The quantitative estimate of drug-likeness (QED) is 0.537. The molecule has 1 fully saturated rings. The highest BCUT2D eigenvalue weighted by atomic mass is 16.6. The van der Waals surface area contributed by atoms with E-state index in [0.29, 0.717) is 37.2 Å². The van der Waals surface area contributed by atoms with Crippen molar-refractivity contribution in [3.8, 4) is 0 Å². The maximum Gasteiger partial charge on any atom is 0.409 e. The van der Waals surface area contributed by atoms with Crippen molar-refractivity contribution in [3.05, 3.63) is 64.7 Å². The monoisotopic (exact) mass is 463 g/mol. The number of fused-ring (bicyclic) bond motifs is 1. The van der Waals surface area contributed by atoms with Crippen LogP contribution in [0.15, 0.2) is 42.5 Å². The Hall–Kier alpha value is -4.01. The van der Waals surface area contributed by atoms with Crippen LogP contribution in [0.2, 0.25) is 0 Å². The van der Waals surface area contributed by atoms with Gasteiger partial charge in [-0.1, -0.05) is 0 Å². The summed E-state index contributed by atoms with van der Waals surface area (Å²) in [6.07, 6.45) is 0.539. The first-order valence-corrected chi connectivity index (χ1v) is 11.2. The Balaban J connectivity index is 1.45. The Kier molecular flexibility index (Phi) is 6.45. The van der Waals surface area contributed by atoms with Gasteiger partial charge >= 0.3 is 6.09 Å². The summed E-state index contributed by atoms with van der Waals surface area (Å²) >= 11 is 0. The SMILES string of the molecule is CCOC(=O)N1CCC(N2C(=O)c3ccc(C(=O)Nc4ccc(C(C)=O)cc4)cc3C2=O)CC1. The number of piperidine rings is 1. The van der Waals surface area contributed by atoms with Crippen molar-refractivity contribution in [2.24, 2.45) is 0 Å². The number of ether oxygens (including phenoxy) is 1. The van der Waals surface area contributed by atoms with Crippen LogP contribution < -0.4 is 5.32 Å². The highest BCUT2D eigenvalue weighted by Crippen LogP contribution is 2.30. The molecule has 176 valence electrons. The molecule has 2 aliphatic heterocycles. The molecule has 2 aliphatic rings. The molecule has 1 saturated heterocycles. The molecule has 2 aromatic rings. The van der Waals surface area contributed by atoms with E-state index in [1.165, 1.54) is 30.0 Å². The van der Waals surface area contributed by atoms with Crippen molar-refractivity contribution in [1.29, 1.82) is 0 Å². The van der Waals surface area contributed by atoms with Crippen molar-refractivity contribution in [2.75, 3.05) is 25.0 Å². The topological polar surface area (TPSA) is 113 Å². The van der Waals surface area contributed by atoms with Crippen LogP contribution in [0.5, 0.6) is 0 Å². The number of nitrogens with one attached hydrogen (secondary N) is 1. The predicted molar refractivity (Wildman–Crippen MR) is 123 cm³/mol. The van der Waals surface area contributed by atoms with E-state index in [-0.39, 0.29) is 41.0 Å². The van der Waals surface area contributed by atoms with Gasteiger partial charge in [0.15, 0.2) is 5.78 Å². The molecule has 9 heteroatoms. The minimum Gasteiger partial charge on any atom is -0.450 e. The summed E-state index contributed by atoms with van der Waals surface area (Å²) in [6.45, 7) is 4.28. The van der Waals surface area contributed by atoms with Gasteiger partial charge in [-0.25, -0.2) is 4.79 Å². The maximum absolute atomic E-state index is 13.1. The number of rotatable bonds is 5. The smallest absolute Gasteiger partial charge is 0.409 e. The van der Waals surface area contributed by atoms with Gasteiger partial charge in [0.25, 0.3) is 17.7 Å². The van der Waals surface area contributed by atoms with E-state index >= 15 is 0 Å². The van der Waals surface area contributed by atoms with Crippen molar-refractivity contribution in [2.45, 2.75) is 32.7 Å². The van der Waals surface area contributed by atoms with Crippen LogP contribution in [0.25, 0.3) is 0 Å². The first-order valence-electron chi connectivity index (χ1n) is 11.2. The molecule has 0 bridgehead atoms. The zero-order valence-corrected chi connectivity index (χ0v) is 19.0. The van der Waals surface area contributed by atoms with Gasteiger partial charge in [-0.3, -0.25) is 24.1 Å². The van der Waals surface area contributed by atoms with Crippen LogP contribution in [-0.4, -0.2) is 65.1 Å². The van der Waals surface area contributed by atoms with Crippen LogP contribution in [-0.2, 0) is 4.74 Å². The van der Waals surface area contributed by atoms with Gasteiger partial charge < -0.3 is 15.0 Å². The van der Waals surface area contributed by atoms with Crippen molar-refractivity contribution in [3.63, 3.8) is 0 Å². The van der Waals surface area contributed by atoms with Gasteiger partial charge in [0.2, 0.25) is 0 Å². The van der Waals surface area contributed by atoms with E-state index < -0.39 is 17.9 Å². The molecule has 34 heavy (non-hydrogen) atoms. The molecule has 0 aromatic heterocycles. The molecule has 2 aromatic carbocycles. The van der Waals surface area contributed by atoms with Crippen LogP contribution in [0.1, 0.15) is 68.1 Å². The highest BCUT2D eigenvalue weighted by molar-refractivity contribution is 6.22. The Morgan fingerprint density at radius 3 is 2.18 bits per heavy atom. The molecule has 0 spiro atoms. The second-order valence-electron chi connectivity index (χ2n) is 8.25. The van der Waals surface area contributed by atoms with Gasteiger partial charge in [-0.2, -0.15) is 0 Å². The van der Waals surface area contributed by atoms with Crippen LogP contribution in [0.4, 0.5) is 10.5 Å². The third-order valence-corrected chi connectivity index (χ3v) is 6.09. The molecule has 0 radical (unpaired) electrons. The number of carbonyl (C=O) groups excluding carboxylic acids is 5. The minimum absolute atomic E-state index is 0.0733. The molecule has 4 amide bonds. The number of nitrogens with zero attached hydrogens (tertiary/aromatic N) is 2. The lowest BCUT2D eigenvalue weighted by Crippen LogP contribution is -2.48. The fourth-order valence-electron chi connectivity index (χ4n) is 4.25. The Morgan fingerprint density at radius 1 is 0.941 bits per heavy atom. The van der Waals surface area contributed by atoms with Crippen LogP contribution in [0, 0.1) is 0 Å². The normalized spacial score (nSPS) is 15.8. The largest absolute Gasteiger partial charge is 0.450 e. The summed E-state index contributed by atoms with van der Waals surface area (Å²) in [4.78, 5) is 64.9. The molecular formula is C25H25N3O6. The van der Waals surface area contributed by atoms with Gasteiger partial charge in [0.05, 0.1) is 17.7 Å². The van der Waals surface area contributed by atoms with Gasteiger partial charge in [0, 0.05) is 35.9 Å². The number of imide groups is 1. The third kappa shape index (κ3) is 4.41. The third-order valence-electron chi connectivity index (χ3n) is 6.09. The van der Waals surface area contributed by atoms with Crippen LogP contribution >= 0.6 is 0 Å². The molecule has 4 rings (SSSR count).